The van der Waals surface area contributed by atoms with E-state index in [1.807, 2.05) is 11.8 Å². The highest BCUT2D eigenvalue weighted by molar-refractivity contribution is 5.94. The first-order valence-electron chi connectivity index (χ1n) is 5.22. The van der Waals surface area contributed by atoms with E-state index in [2.05, 4.69) is 4.98 Å². The number of rotatable bonds is 2. The number of morpholine rings is 1. The molecule has 1 unspecified atom stereocenters. The van der Waals surface area contributed by atoms with Crippen LogP contribution in [0.2, 0.25) is 0 Å². The fourth-order valence-electron chi connectivity index (χ4n) is 1.86. The van der Waals surface area contributed by atoms with Crippen molar-refractivity contribution < 1.29 is 14.6 Å². The van der Waals surface area contributed by atoms with Gasteiger partial charge >= 0.3 is 5.97 Å². The smallest absolute Gasteiger partial charge is 0.339 e. The van der Waals surface area contributed by atoms with Crippen molar-refractivity contribution in [3.8, 4) is 0 Å². The number of carboxylic acids is 1. The van der Waals surface area contributed by atoms with E-state index in [1.54, 1.807) is 12.3 Å². The van der Waals surface area contributed by atoms with Crippen LogP contribution in [0.3, 0.4) is 0 Å². The molecule has 5 heteroatoms. The van der Waals surface area contributed by atoms with Crippen LogP contribution in [0.1, 0.15) is 17.3 Å². The highest BCUT2D eigenvalue weighted by Crippen LogP contribution is 2.21. The average molecular weight is 222 g/mol. The van der Waals surface area contributed by atoms with Gasteiger partial charge in [-0.15, -0.1) is 0 Å². The van der Waals surface area contributed by atoms with Crippen LogP contribution in [0.15, 0.2) is 18.5 Å². The van der Waals surface area contributed by atoms with Gasteiger partial charge in [0.2, 0.25) is 0 Å². The molecule has 1 aliphatic heterocycles. The van der Waals surface area contributed by atoms with E-state index < -0.39 is 5.97 Å². The zero-order valence-corrected chi connectivity index (χ0v) is 9.09. The lowest BCUT2D eigenvalue weighted by molar-refractivity contribution is 0.0527. The second-order valence-electron chi connectivity index (χ2n) is 3.83. The highest BCUT2D eigenvalue weighted by atomic mass is 16.5. The first-order valence-corrected chi connectivity index (χ1v) is 5.22. The average Bonchev–Trinajstić information content (AvgIpc) is 2.29. The summed E-state index contributed by atoms with van der Waals surface area (Å²) in [5.74, 6) is -0.942. The van der Waals surface area contributed by atoms with E-state index >= 15 is 0 Å². The third-order valence-corrected chi connectivity index (χ3v) is 2.61. The van der Waals surface area contributed by atoms with Crippen LogP contribution >= 0.6 is 0 Å². The predicted molar refractivity (Wildman–Crippen MR) is 58.8 cm³/mol. The van der Waals surface area contributed by atoms with Crippen LogP contribution in [0.25, 0.3) is 0 Å². The summed E-state index contributed by atoms with van der Waals surface area (Å²) < 4.78 is 5.43. The molecule has 0 amide bonds. The number of pyridine rings is 1. The first-order chi connectivity index (χ1) is 7.68. The monoisotopic (exact) mass is 222 g/mol. The maximum absolute atomic E-state index is 11.0. The fraction of sp³-hybridized carbons (Fsp3) is 0.455. The Morgan fingerprint density at radius 2 is 2.50 bits per heavy atom. The summed E-state index contributed by atoms with van der Waals surface area (Å²) in [6.45, 7) is 4.04. The number of carboxylic acid groups (broad SMARTS) is 1. The molecule has 86 valence electrons. The van der Waals surface area contributed by atoms with Crippen molar-refractivity contribution in [2.45, 2.75) is 13.0 Å². The van der Waals surface area contributed by atoms with Gasteiger partial charge in [-0.25, -0.2) is 4.79 Å². The summed E-state index contributed by atoms with van der Waals surface area (Å²) in [4.78, 5) is 16.9. The number of ether oxygens (including phenoxy) is 1. The van der Waals surface area contributed by atoms with E-state index in [-0.39, 0.29) is 11.7 Å². The van der Waals surface area contributed by atoms with E-state index in [4.69, 9.17) is 9.84 Å². The van der Waals surface area contributed by atoms with Crippen molar-refractivity contribution in [3.05, 3.63) is 24.0 Å². The van der Waals surface area contributed by atoms with Gasteiger partial charge in [0, 0.05) is 25.5 Å². The SMILES string of the molecule is CC1CN(c2ccncc2C(=O)O)CCO1. The summed E-state index contributed by atoms with van der Waals surface area (Å²) in [6.07, 6.45) is 3.13. The molecule has 0 aliphatic carbocycles. The van der Waals surface area contributed by atoms with E-state index in [1.165, 1.54) is 6.20 Å². The Balaban J connectivity index is 2.28. The van der Waals surface area contributed by atoms with Crippen LogP contribution in [0.5, 0.6) is 0 Å². The standard InChI is InChI=1S/C11H14N2O3/c1-8-7-13(4-5-16-8)10-2-3-12-6-9(10)11(14)15/h2-3,6,8H,4-5,7H2,1H3,(H,14,15). The molecule has 1 aromatic rings. The van der Waals surface area contributed by atoms with Gasteiger partial charge in [0.15, 0.2) is 0 Å². The third kappa shape index (κ3) is 2.14. The van der Waals surface area contributed by atoms with Crippen LogP contribution in [0, 0.1) is 0 Å². The summed E-state index contributed by atoms with van der Waals surface area (Å²) in [7, 11) is 0. The van der Waals surface area contributed by atoms with E-state index in [0.717, 1.165) is 5.69 Å². The van der Waals surface area contributed by atoms with E-state index in [9.17, 15) is 4.79 Å². The quantitative estimate of drug-likeness (QED) is 0.809. The number of nitrogens with zero attached hydrogens (tertiary/aromatic N) is 2. The van der Waals surface area contributed by atoms with Crippen molar-refractivity contribution in [2.24, 2.45) is 0 Å². The molecular weight excluding hydrogens is 208 g/mol. The van der Waals surface area contributed by atoms with Crippen molar-refractivity contribution in [2.75, 3.05) is 24.6 Å². The minimum atomic E-state index is -0.942. The molecule has 1 N–H and O–H groups in total. The Labute approximate surface area is 93.7 Å². The van der Waals surface area contributed by atoms with Gasteiger partial charge in [-0.1, -0.05) is 0 Å². The molecule has 0 spiro atoms. The molecule has 0 bridgehead atoms. The van der Waals surface area contributed by atoms with Crippen LogP contribution in [0.4, 0.5) is 5.69 Å². The van der Waals surface area contributed by atoms with Crippen LogP contribution in [-0.2, 0) is 4.74 Å². The molecule has 2 rings (SSSR count). The number of hydrogen-bond donors (Lipinski definition) is 1. The van der Waals surface area contributed by atoms with Gasteiger partial charge in [-0.3, -0.25) is 4.98 Å². The molecule has 1 atom stereocenters. The summed E-state index contributed by atoms with van der Waals surface area (Å²) in [5, 5.41) is 9.06. The minimum absolute atomic E-state index is 0.128. The zero-order chi connectivity index (χ0) is 11.5. The van der Waals surface area contributed by atoms with Crippen LogP contribution < -0.4 is 4.90 Å². The van der Waals surface area contributed by atoms with Gasteiger partial charge in [-0.2, -0.15) is 0 Å². The van der Waals surface area contributed by atoms with Gasteiger partial charge in [0.1, 0.15) is 5.56 Å². The van der Waals surface area contributed by atoms with Crippen molar-refractivity contribution in [3.63, 3.8) is 0 Å². The predicted octanol–water partition coefficient (Wildman–Crippen LogP) is 1.00. The number of hydrogen-bond acceptors (Lipinski definition) is 4. The first kappa shape index (κ1) is 10.9. The minimum Gasteiger partial charge on any atom is -0.478 e. The van der Waals surface area contributed by atoms with Crippen molar-refractivity contribution >= 4 is 11.7 Å². The Morgan fingerprint density at radius 3 is 3.19 bits per heavy atom. The van der Waals surface area contributed by atoms with Crippen molar-refractivity contribution in [1.82, 2.24) is 4.98 Å². The normalized spacial score (nSPS) is 20.8. The zero-order valence-electron chi connectivity index (χ0n) is 9.09. The fourth-order valence-corrected chi connectivity index (χ4v) is 1.86. The maximum atomic E-state index is 11.0. The maximum Gasteiger partial charge on any atom is 0.339 e. The van der Waals surface area contributed by atoms with E-state index in [0.29, 0.717) is 19.7 Å². The Kier molecular flexibility index (Phi) is 3.05. The van der Waals surface area contributed by atoms with Crippen LogP contribution in [-0.4, -0.2) is 41.9 Å². The molecular formula is C11H14N2O3. The van der Waals surface area contributed by atoms with Gasteiger partial charge in [0.25, 0.3) is 0 Å². The Morgan fingerprint density at radius 1 is 1.69 bits per heavy atom. The molecule has 0 aromatic carbocycles. The Bertz CT molecular complexity index is 395. The van der Waals surface area contributed by atoms with Crippen molar-refractivity contribution in [1.29, 1.82) is 0 Å². The topological polar surface area (TPSA) is 62.7 Å². The molecule has 1 fully saturated rings. The molecule has 0 radical (unpaired) electrons. The number of carbonyl (C=O) groups is 1. The molecule has 1 saturated heterocycles. The largest absolute Gasteiger partial charge is 0.478 e. The molecule has 16 heavy (non-hydrogen) atoms. The highest BCUT2D eigenvalue weighted by Gasteiger charge is 2.21. The van der Waals surface area contributed by atoms with Gasteiger partial charge < -0.3 is 14.7 Å². The second kappa shape index (κ2) is 4.49. The number of aromatic carboxylic acids is 1. The molecule has 1 aliphatic rings. The number of aromatic nitrogens is 1. The third-order valence-electron chi connectivity index (χ3n) is 2.61. The number of anilines is 1. The molecule has 5 nitrogen and oxygen atoms in total. The molecule has 1 aromatic heterocycles. The summed E-state index contributed by atoms with van der Waals surface area (Å²) in [5.41, 5.74) is 0.967. The lowest BCUT2D eigenvalue weighted by Gasteiger charge is -2.33. The lowest BCUT2D eigenvalue weighted by Crippen LogP contribution is -2.41. The summed E-state index contributed by atoms with van der Waals surface area (Å²) in [6, 6.07) is 1.74. The lowest BCUT2D eigenvalue weighted by atomic mass is 10.2. The van der Waals surface area contributed by atoms with Gasteiger partial charge in [-0.05, 0) is 13.0 Å². The molecule has 0 saturated carbocycles. The molecule has 2 heterocycles. The summed E-state index contributed by atoms with van der Waals surface area (Å²) >= 11 is 0. The Hall–Kier alpha value is -1.62. The van der Waals surface area contributed by atoms with Gasteiger partial charge in [0.05, 0.1) is 18.4 Å². The second-order valence-corrected chi connectivity index (χ2v) is 3.83.